The number of benzene rings is 2. The lowest BCUT2D eigenvalue weighted by atomic mass is 10.2. The largest absolute Gasteiger partial charge is 0.490 e. The van der Waals surface area contributed by atoms with Gasteiger partial charge in [-0.15, -0.1) is 24.8 Å². The van der Waals surface area contributed by atoms with E-state index in [0.717, 1.165) is 54.1 Å². The van der Waals surface area contributed by atoms with Crippen molar-refractivity contribution in [1.29, 1.82) is 0 Å². The quantitative estimate of drug-likeness (QED) is 0.390. The van der Waals surface area contributed by atoms with Crippen LogP contribution in [0.4, 0.5) is 0 Å². The molecule has 2 rings (SSSR count). The summed E-state index contributed by atoms with van der Waals surface area (Å²) in [6, 6.07) is 14.3. The molecule has 0 heterocycles. The summed E-state index contributed by atoms with van der Waals surface area (Å²) < 4.78 is 12.8. The van der Waals surface area contributed by atoms with Crippen molar-refractivity contribution in [3.05, 3.63) is 58.1 Å². The van der Waals surface area contributed by atoms with Gasteiger partial charge >= 0.3 is 0 Å². The topological polar surface area (TPSA) is 42.5 Å². The van der Waals surface area contributed by atoms with E-state index in [2.05, 4.69) is 57.8 Å². The number of rotatable bonds is 12. The van der Waals surface area contributed by atoms with Crippen LogP contribution in [-0.2, 0) is 13.2 Å². The standard InChI is InChI=1S/C21H29BrN2O2.2ClH/c1-3-23-11-8-12-24-15-18-13-19(22)21(20(14-18)25-4-2)26-16-17-9-6-5-7-10-17;;/h5-7,9-10,13-14,23-24H,3-4,8,11-12,15-16H2,1-2H3;2*1H. The molecule has 0 aliphatic heterocycles. The Kier molecular flexibility index (Phi) is 15.3. The summed E-state index contributed by atoms with van der Waals surface area (Å²) in [5.41, 5.74) is 2.31. The summed E-state index contributed by atoms with van der Waals surface area (Å²) in [5, 5.41) is 6.81. The van der Waals surface area contributed by atoms with Crippen LogP contribution in [0.3, 0.4) is 0 Å². The number of hydrogen-bond donors (Lipinski definition) is 2. The summed E-state index contributed by atoms with van der Waals surface area (Å²) in [4.78, 5) is 0. The highest BCUT2D eigenvalue weighted by molar-refractivity contribution is 9.10. The van der Waals surface area contributed by atoms with Crippen molar-refractivity contribution in [1.82, 2.24) is 10.6 Å². The summed E-state index contributed by atoms with van der Waals surface area (Å²) >= 11 is 3.64. The number of hydrogen-bond acceptors (Lipinski definition) is 4. The number of halogens is 3. The van der Waals surface area contributed by atoms with Crippen molar-refractivity contribution in [3.8, 4) is 11.5 Å². The van der Waals surface area contributed by atoms with Crippen molar-refractivity contribution in [3.63, 3.8) is 0 Å². The fourth-order valence-corrected chi connectivity index (χ4v) is 3.21. The average Bonchev–Trinajstić information content (AvgIpc) is 2.65. The van der Waals surface area contributed by atoms with Crippen LogP contribution in [-0.4, -0.2) is 26.2 Å². The molecule has 2 N–H and O–H groups in total. The molecule has 4 nitrogen and oxygen atoms in total. The van der Waals surface area contributed by atoms with E-state index in [9.17, 15) is 0 Å². The fraction of sp³-hybridized carbons (Fsp3) is 0.429. The minimum Gasteiger partial charge on any atom is -0.490 e. The highest BCUT2D eigenvalue weighted by Crippen LogP contribution is 2.37. The number of nitrogens with one attached hydrogen (secondary N) is 2. The molecule has 0 aromatic heterocycles. The molecule has 0 saturated heterocycles. The van der Waals surface area contributed by atoms with Crippen LogP contribution in [0.15, 0.2) is 46.9 Å². The first kappa shape index (κ1) is 27.0. The zero-order valence-electron chi connectivity index (χ0n) is 16.5. The molecule has 0 bridgehead atoms. The predicted octanol–water partition coefficient (Wildman–Crippen LogP) is 5.36. The Morgan fingerprint density at radius 3 is 2.29 bits per heavy atom. The smallest absolute Gasteiger partial charge is 0.175 e. The Bertz CT molecular complexity index is 660. The first-order valence-corrected chi connectivity index (χ1v) is 10.1. The van der Waals surface area contributed by atoms with Crippen molar-refractivity contribution in [2.24, 2.45) is 0 Å². The van der Waals surface area contributed by atoms with E-state index >= 15 is 0 Å². The average molecular weight is 494 g/mol. The Hall–Kier alpha value is -0.980. The summed E-state index contributed by atoms with van der Waals surface area (Å²) in [7, 11) is 0. The van der Waals surface area contributed by atoms with Gasteiger partial charge in [-0.2, -0.15) is 0 Å². The van der Waals surface area contributed by atoms with Crippen LogP contribution >= 0.6 is 40.7 Å². The molecule has 2 aromatic rings. The van der Waals surface area contributed by atoms with Crippen molar-refractivity contribution in [2.45, 2.75) is 33.4 Å². The molecule has 0 aliphatic rings. The van der Waals surface area contributed by atoms with Crippen molar-refractivity contribution in [2.75, 3.05) is 26.2 Å². The molecule has 0 spiro atoms. The molecule has 2 aromatic carbocycles. The fourth-order valence-electron chi connectivity index (χ4n) is 2.60. The Morgan fingerprint density at radius 1 is 0.893 bits per heavy atom. The highest BCUT2D eigenvalue weighted by Gasteiger charge is 2.12. The van der Waals surface area contributed by atoms with Crippen LogP contribution in [0.25, 0.3) is 0 Å². The van der Waals surface area contributed by atoms with E-state index in [1.165, 1.54) is 5.56 Å². The molecule has 28 heavy (non-hydrogen) atoms. The second kappa shape index (κ2) is 15.9. The van der Waals surface area contributed by atoms with Gasteiger partial charge in [-0.25, -0.2) is 0 Å². The van der Waals surface area contributed by atoms with Crippen LogP contribution in [0.2, 0.25) is 0 Å². The first-order chi connectivity index (χ1) is 12.7. The second-order valence-corrected chi connectivity index (χ2v) is 6.85. The maximum absolute atomic E-state index is 6.03. The van der Waals surface area contributed by atoms with Gasteiger partial charge in [0.05, 0.1) is 11.1 Å². The zero-order valence-corrected chi connectivity index (χ0v) is 19.7. The molecule has 0 radical (unpaired) electrons. The van der Waals surface area contributed by atoms with Gasteiger partial charge in [-0.3, -0.25) is 0 Å². The van der Waals surface area contributed by atoms with E-state index in [1.54, 1.807) is 0 Å². The third-order valence-corrected chi connectivity index (χ3v) is 4.47. The first-order valence-electron chi connectivity index (χ1n) is 9.28. The van der Waals surface area contributed by atoms with Crippen LogP contribution in [0.5, 0.6) is 11.5 Å². The van der Waals surface area contributed by atoms with Gasteiger partial charge in [0.15, 0.2) is 11.5 Å². The monoisotopic (exact) mass is 492 g/mol. The Labute approximate surface area is 189 Å². The van der Waals surface area contributed by atoms with Gasteiger partial charge in [0, 0.05) is 6.54 Å². The maximum atomic E-state index is 6.03. The molecular formula is C21H31BrCl2N2O2. The van der Waals surface area contributed by atoms with Crippen molar-refractivity contribution >= 4 is 40.7 Å². The predicted molar refractivity (Wildman–Crippen MR) is 125 cm³/mol. The zero-order chi connectivity index (χ0) is 18.6. The molecule has 158 valence electrons. The van der Waals surface area contributed by atoms with Gasteiger partial charge in [0.2, 0.25) is 0 Å². The van der Waals surface area contributed by atoms with Gasteiger partial charge in [-0.05, 0) is 72.2 Å². The van der Waals surface area contributed by atoms with Crippen molar-refractivity contribution < 1.29 is 9.47 Å². The summed E-state index contributed by atoms with van der Waals surface area (Å²) in [6.07, 6.45) is 1.12. The van der Waals surface area contributed by atoms with Gasteiger partial charge in [-0.1, -0.05) is 37.3 Å². The Morgan fingerprint density at radius 2 is 1.61 bits per heavy atom. The van der Waals surface area contributed by atoms with Crippen LogP contribution in [0, 0.1) is 0 Å². The lowest BCUT2D eigenvalue weighted by molar-refractivity contribution is 0.267. The Balaban J connectivity index is 0.00000364. The van der Waals surface area contributed by atoms with E-state index in [4.69, 9.17) is 9.47 Å². The number of ether oxygens (including phenoxy) is 2. The van der Waals surface area contributed by atoms with Crippen LogP contribution in [0.1, 0.15) is 31.4 Å². The molecule has 7 heteroatoms. The molecular weight excluding hydrogens is 463 g/mol. The van der Waals surface area contributed by atoms with E-state index in [1.807, 2.05) is 25.1 Å². The van der Waals surface area contributed by atoms with E-state index < -0.39 is 0 Å². The lowest BCUT2D eigenvalue weighted by Gasteiger charge is -2.16. The molecule has 0 aliphatic carbocycles. The van der Waals surface area contributed by atoms with Gasteiger partial charge < -0.3 is 20.1 Å². The molecule has 0 atom stereocenters. The SMILES string of the molecule is CCNCCCNCc1cc(Br)c(OCc2ccccc2)c(OCC)c1.Cl.Cl. The minimum atomic E-state index is 0. The van der Waals surface area contributed by atoms with E-state index in [0.29, 0.717) is 13.2 Å². The van der Waals surface area contributed by atoms with E-state index in [-0.39, 0.29) is 24.8 Å². The minimum absolute atomic E-state index is 0. The summed E-state index contributed by atoms with van der Waals surface area (Å²) in [5.74, 6) is 1.54. The van der Waals surface area contributed by atoms with Gasteiger partial charge in [0.25, 0.3) is 0 Å². The highest BCUT2D eigenvalue weighted by atomic mass is 79.9. The molecule has 0 amide bonds. The third kappa shape index (κ3) is 9.48. The van der Waals surface area contributed by atoms with Crippen LogP contribution < -0.4 is 20.1 Å². The lowest BCUT2D eigenvalue weighted by Crippen LogP contribution is -2.21. The maximum Gasteiger partial charge on any atom is 0.175 e. The summed E-state index contributed by atoms with van der Waals surface area (Å²) in [6.45, 7) is 9.10. The molecule has 0 unspecified atom stereocenters. The third-order valence-electron chi connectivity index (χ3n) is 3.88. The molecule has 0 fully saturated rings. The van der Waals surface area contributed by atoms with Gasteiger partial charge in [0.1, 0.15) is 6.61 Å². The second-order valence-electron chi connectivity index (χ2n) is 6.00. The normalized spacial score (nSPS) is 9.96. The molecule has 0 saturated carbocycles.